The van der Waals surface area contributed by atoms with Gasteiger partial charge >= 0.3 is 11.9 Å². The van der Waals surface area contributed by atoms with Gasteiger partial charge in [-0.1, -0.05) is 96.7 Å². The summed E-state index contributed by atoms with van der Waals surface area (Å²) in [5, 5.41) is 2.20. The van der Waals surface area contributed by atoms with E-state index in [1.54, 1.807) is 0 Å². The lowest BCUT2D eigenvalue weighted by Gasteiger charge is -2.45. The summed E-state index contributed by atoms with van der Waals surface area (Å²) < 4.78 is 31.2. The zero-order chi connectivity index (χ0) is 32.3. The normalized spacial score (nSPS) is 21.0. The fourth-order valence-electron chi connectivity index (χ4n) is 5.26. The van der Waals surface area contributed by atoms with Crippen molar-refractivity contribution in [2.24, 2.45) is 0 Å². The fraction of sp³-hybridized carbons (Fsp3) is 0.324. The van der Waals surface area contributed by atoms with Crippen molar-refractivity contribution in [1.82, 2.24) is 0 Å². The smallest absolute Gasteiger partial charge is 0.306 e. The van der Waals surface area contributed by atoms with Gasteiger partial charge in [-0.2, -0.15) is 0 Å². The first-order valence-electron chi connectivity index (χ1n) is 15.3. The van der Waals surface area contributed by atoms with Crippen LogP contribution in [0.1, 0.15) is 37.8 Å². The standard InChI is InChI=1S/C37H38O8S/c1-25(38)17-20-33(40)41-24-32-34(42-22-27-11-5-3-6-12-27)35(43-23-28-18-19-29-13-9-10-14-30(29)21-28)36(44-26(2)39)37(45-32)46-31-15-7-4-8-16-31/h3-16,18-19,21,32,34-37H,17,20,22-24H2,1-2H3/t32-,34-,35+,36+,37-/m1/s1. The lowest BCUT2D eigenvalue weighted by atomic mass is 9.98. The van der Waals surface area contributed by atoms with Crippen LogP contribution < -0.4 is 0 Å². The van der Waals surface area contributed by atoms with Crippen molar-refractivity contribution in [1.29, 1.82) is 0 Å². The number of Topliss-reactive ketones (excluding diaryl/α,β-unsaturated/α-hetero) is 1. The van der Waals surface area contributed by atoms with Crippen LogP contribution in [0.4, 0.5) is 0 Å². The Kier molecular flexibility index (Phi) is 12.0. The first kappa shape index (κ1) is 33.3. The van der Waals surface area contributed by atoms with Gasteiger partial charge in [-0.05, 0) is 47.0 Å². The van der Waals surface area contributed by atoms with Gasteiger partial charge in [-0.25, -0.2) is 0 Å². The monoisotopic (exact) mass is 642 g/mol. The van der Waals surface area contributed by atoms with Crippen molar-refractivity contribution in [3.8, 4) is 0 Å². The number of carbonyl (C=O) groups is 3. The van der Waals surface area contributed by atoms with E-state index in [0.717, 1.165) is 26.8 Å². The average Bonchev–Trinajstić information content (AvgIpc) is 3.06. The highest BCUT2D eigenvalue weighted by atomic mass is 32.2. The summed E-state index contributed by atoms with van der Waals surface area (Å²) in [5.41, 5.74) is 1.16. The van der Waals surface area contributed by atoms with E-state index in [4.69, 9.17) is 23.7 Å². The molecule has 0 aromatic heterocycles. The SMILES string of the molecule is CC(=O)CCC(=O)OC[C@H]1O[C@H](Sc2ccccc2)[C@@H](OC(C)=O)[C@@H](OCc2ccc3ccccc3c2)[C@@H]1OCc1ccccc1. The Labute approximate surface area is 273 Å². The van der Waals surface area contributed by atoms with E-state index in [9.17, 15) is 14.4 Å². The van der Waals surface area contributed by atoms with Crippen LogP contribution in [0.2, 0.25) is 0 Å². The molecule has 1 fully saturated rings. The lowest BCUT2D eigenvalue weighted by molar-refractivity contribution is -0.247. The molecule has 4 aromatic carbocycles. The molecule has 5 atom stereocenters. The molecule has 46 heavy (non-hydrogen) atoms. The molecule has 1 aliphatic rings. The minimum absolute atomic E-state index is 0.0300. The Morgan fingerprint density at radius 3 is 2.07 bits per heavy atom. The topological polar surface area (TPSA) is 97.4 Å². The average molecular weight is 643 g/mol. The third-order valence-corrected chi connectivity index (χ3v) is 8.68. The van der Waals surface area contributed by atoms with Crippen LogP contribution in [-0.4, -0.2) is 54.2 Å². The van der Waals surface area contributed by atoms with Crippen molar-refractivity contribution >= 4 is 40.3 Å². The maximum absolute atomic E-state index is 12.6. The summed E-state index contributed by atoms with van der Waals surface area (Å²) in [6.45, 7) is 3.09. The Morgan fingerprint density at radius 2 is 1.35 bits per heavy atom. The molecule has 9 heteroatoms. The molecular weight excluding hydrogens is 604 g/mol. The lowest BCUT2D eigenvalue weighted by Crippen LogP contribution is -2.60. The molecule has 0 amide bonds. The number of fused-ring (bicyclic) bond motifs is 1. The van der Waals surface area contributed by atoms with Crippen molar-refractivity contribution in [3.05, 3.63) is 114 Å². The number of hydrogen-bond donors (Lipinski definition) is 0. The molecule has 240 valence electrons. The predicted molar refractivity (Wildman–Crippen MR) is 175 cm³/mol. The van der Waals surface area contributed by atoms with Crippen LogP contribution in [0.5, 0.6) is 0 Å². The van der Waals surface area contributed by atoms with Gasteiger partial charge < -0.3 is 28.5 Å². The summed E-state index contributed by atoms with van der Waals surface area (Å²) in [7, 11) is 0. The van der Waals surface area contributed by atoms with Crippen molar-refractivity contribution in [2.75, 3.05) is 6.61 Å². The molecule has 0 aliphatic carbocycles. The largest absolute Gasteiger partial charge is 0.463 e. The summed E-state index contributed by atoms with van der Waals surface area (Å²) in [6, 6.07) is 33.5. The number of ketones is 1. The molecule has 1 aliphatic heterocycles. The summed E-state index contributed by atoms with van der Waals surface area (Å²) in [5.74, 6) is -1.09. The second-order valence-electron chi connectivity index (χ2n) is 11.2. The second-order valence-corrected chi connectivity index (χ2v) is 12.3. The van der Waals surface area contributed by atoms with Crippen LogP contribution in [0.3, 0.4) is 0 Å². The molecule has 5 rings (SSSR count). The highest BCUT2D eigenvalue weighted by Crippen LogP contribution is 2.38. The zero-order valence-corrected chi connectivity index (χ0v) is 26.7. The Hall–Kier alpha value is -4.02. The minimum Gasteiger partial charge on any atom is -0.463 e. The van der Waals surface area contributed by atoms with E-state index in [-0.39, 0.29) is 38.4 Å². The van der Waals surface area contributed by atoms with Gasteiger partial charge in [-0.15, -0.1) is 0 Å². The molecule has 0 bridgehead atoms. The van der Waals surface area contributed by atoms with E-state index >= 15 is 0 Å². The number of rotatable bonds is 14. The van der Waals surface area contributed by atoms with E-state index < -0.39 is 41.8 Å². The Morgan fingerprint density at radius 1 is 0.696 bits per heavy atom. The minimum atomic E-state index is -0.853. The molecule has 0 N–H and O–H groups in total. The number of thioether (sulfide) groups is 1. The van der Waals surface area contributed by atoms with E-state index in [0.29, 0.717) is 0 Å². The first-order chi connectivity index (χ1) is 22.4. The highest BCUT2D eigenvalue weighted by molar-refractivity contribution is 7.99. The van der Waals surface area contributed by atoms with Crippen LogP contribution in [0.15, 0.2) is 108 Å². The Bertz CT molecular complexity index is 1600. The van der Waals surface area contributed by atoms with Crippen molar-refractivity contribution < 1.29 is 38.1 Å². The molecule has 0 unspecified atom stereocenters. The molecular formula is C37H38O8S. The van der Waals surface area contributed by atoms with E-state index in [1.807, 2.05) is 91.0 Å². The second kappa shape index (κ2) is 16.5. The quantitative estimate of drug-likeness (QED) is 0.140. The first-order valence-corrected chi connectivity index (χ1v) is 16.2. The molecule has 0 spiro atoms. The molecule has 0 radical (unpaired) electrons. The van der Waals surface area contributed by atoms with E-state index in [2.05, 4.69) is 12.1 Å². The van der Waals surface area contributed by atoms with E-state index in [1.165, 1.54) is 25.6 Å². The summed E-state index contributed by atoms with van der Waals surface area (Å²) in [6.07, 6.45) is -3.12. The molecule has 4 aromatic rings. The molecule has 1 heterocycles. The Balaban J connectivity index is 1.46. The van der Waals surface area contributed by atoms with Crippen LogP contribution in [0.25, 0.3) is 10.8 Å². The van der Waals surface area contributed by atoms with Crippen LogP contribution in [0, 0.1) is 0 Å². The number of hydrogen-bond acceptors (Lipinski definition) is 9. The third kappa shape index (κ3) is 9.50. The van der Waals surface area contributed by atoms with Crippen molar-refractivity contribution in [2.45, 2.75) is 74.7 Å². The van der Waals surface area contributed by atoms with Gasteiger partial charge in [0.15, 0.2) is 6.10 Å². The van der Waals surface area contributed by atoms with Gasteiger partial charge in [0.2, 0.25) is 0 Å². The van der Waals surface area contributed by atoms with Gasteiger partial charge in [0, 0.05) is 18.2 Å². The maximum Gasteiger partial charge on any atom is 0.306 e. The fourth-order valence-corrected chi connectivity index (χ4v) is 6.39. The van der Waals surface area contributed by atoms with Gasteiger partial charge in [0.1, 0.15) is 36.1 Å². The zero-order valence-electron chi connectivity index (χ0n) is 25.9. The van der Waals surface area contributed by atoms with Crippen molar-refractivity contribution in [3.63, 3.8) is 0 Å². The van der Waals surface area contributed by atoms with Gasteiger partial charge in [0.05, 0.1) is 19.6 Å². The number of benzene rings is 4. The molecule has 8 nitrogen and oxygen atoms in total. The predicted octanol–water partition coefficient (Wildman–Crippen LogP) is 6.67. The third-order valence-electron chi connectivity index (χ3n) is 7.52. The highest BCUT2D eigenvalue weighted by Gasteiger charge is 2.50. The van der Waals surface area contributed by atoms with Gasteiger partial charge in [-0.3, -0.25) is 9.59 Å². The van der Waals surface area contributed by atoms with Gasteiger partial charge in [0.25, 0.3) is 0 Å². The van der Waals surface area contributed by atoms with Crippen LogP contribution in [-0.2, 0) is 51.3 Å². The number of ether oxygens (including phenoxy) is 5. The number of carbonyl (C=O) groups excluding carboxylic acids is 3. The maximum atomic E-state index is 12.6. The van der Waals surface area contributed by atoms with Crippen LogP contribution >= 0.6 is 11.8 Å². The molecule has 1 saturated heterocycles. The summed E-state index contributed by atoms with van der Waals surface area (Å²) in [4.78, 5) is 37.4. The molecule has 0 saturated carbocycles. The summed E-state index contributed by atoms with van der Waals surface area (Å²) >= 11 is 1.39. The number of esters is 2.